The first kappa shape index (κ1) is 20.6. The minimum Gasteiger partial charge on any atom is -0.493 e. The summed E-state index contributed by atoms with van der Waals surface area (Å²) in [6.07, 6.45) is 2.67. The molecule has 0 saturated carbocycles. The van der Waals surface area contributed by atoms with E-state index in [9.17, 15) is 4.39 Å². The number of rotatable bonds is 9. The summed E-state index contributed by atoms with van der Waals surface area (Å²) in [5.41, 5.74) is 1.97. The molecule has 0 N–H and O–H groups in total. The molecule has 28 heavy (non-hydrogen) atoms. The first-order chi connectivity index (χ1) is 13.6. The molecule has 1 saturated heterocycles. The van der Waals surface area contributed by atoms with Gasteiger partial charge in [-0.05, 0) is 41.8 Å². The highest BCUT2D eigenvalue weighted by molar-refractivity contribution is 5.44. The van der Waals surface area contributed by atoms with Gasteiger partial charge in [-0.15, -0.1) is 0 Å². The normalized spacial score (nSPS) is 19.7. The van der Waals surface area contributed by atoms with Crippen LogP contribution >= 0.6 is 0 Å². The number of methoxy groups -OCH3 is 1. The fraction of sp³-hybridized carbons (Fsp3) is 0.455. The van der Waals surface area contributed by atoms with Gasteiger partial charge in [0.2, 0.25) is 0 Å². The van der Waals surface area contributed by atoms with Gasteiger partial charge in [-0.3, -0.25) is 4.84 Å². The summed E-state index contributed by atoms with van der Waals surface area (Å²) in [7, 11) is 3.54. The van der Waals surface area contributed by atoms with Crippen LogP contribution in [0.3, 0.4) is 0 Å². The fourth-order valence-corrected chi connectivity index (χ4v) is 3.19. The highest BCUT2D eigenvalue weighted by atomic mass is 19.1. The lowest BCUT2D eigenvalue weighted by molar-refractivity contribution is -0.229. The Morgan fingerprint density at radius 1 is 1.14 bits per heavy atom. The molecule has 0 radical (unpaired) electrons. The highest BCUT2D eigenvalue weighted by Gasteiger charge is 2.33. The lowest BCUT2D eigenvalue weighted by Crippen LogP contribution is -2.18. The fourth-order valence-electron chi connectivity index (χ4n) is 3.19. The first-order valence-corrected chi connectivity index (χ1v) is 9.67. The Bertz CT molecular complexity index is 753. The van der Waals surface area contributed by atoms with Crippen molar-refractivity contribution in [3.05, 3.63) is 59.4 Å². The molecule has 152 valence electrons. The summed E-state index contributed by atoms with van der Waals surface area (Å²) in [5, 5.41) is 1.84. The van der Waals surface area contributed by atoms with Crippen molar-refractivity contribution in [2.24, 2.45) is 0 Å². The number of benzene rings is 2. The SMILES string of the molecule is CCCCOC1CC(c2ccc(OCc3ccc(F)cc3)c(OC)c2)N(C)O1. The van der Waals surface area contributed by atoms with Crippen molar-refractivity contribution in [2.75, 3.05) is 20.8 Å². The lowest BCUT2D eigenvalue weighted by Gasteiger charge is -2.19. The molecule has 3 rings (SSSR count). The number of hydrogen-bond donors (Lipinski definition) is 0. The van der Waals surface area contributed by atoms with E-state index in [2.05, 4.69) is 6.92 Å². The van der Waals surface area contributed by atoms with Crippen LogP contribution in [-0.2, 0) is 16.2 Å². The smallest absolute Gasteiger partial charge is 0.179 e. The van der Waals surface area contributed by atoms with Crippen LogP contribution in [0.4, 0.5) is 4.39 Å². The van der Waals surface area contributed by atoms with Gasteiger partial charge in [-0.1, -0.05) is 31.5 Å². The Hall–Kier alpha value is -2.15. The van der Waals surface area contributed by atoms with Gasteiger partial charge < -0.3 is 14.2 Å². The topological polar surface area (TPSA) is 40.2 Å². The van der Waals surface area contributed by atoms with Gasteiger partial charge in [0, 0.05) is 20.1 Å². The monoisotopic (exact) mass is 389 g/mol. The number of halogens is 1. The Morgan fingerprint density at radius 3 is 2.64 bits per heavy atom. The highest BCUT2D eigenvalue weighted by Crippen LogP contribution is 2.37. The van der Waals surface area contributed by atoms with E-state index < -0.39 is 0 Å². The van der Waals surface area contributed by atoms with Crippen LogP contribution in [0.1, 0.15) is 43.4 Å². The van der Waals surface area contributed by atoms with E-state index in [-0.39, 0.29) is 18.1 Å². The molecule has 0 bridgehead atoms. The number of unbranched alkanes of at least 4 members (excludes halogenated alkanes) is 1. The molecule has 0 spiro atoms. The van der Waals surface area contributed by atoms with E-state index >= 15 is 0 Å². The van der Waals surface area contributed by atoms with Crippen molar-refractivity contribution in [2.45, 2.75) is 45.1 Å². The van der Waals surface area contributed by atoms with E-state index in [1.165, 1.54) is 12.1 Å². The number of nitrogens with zero attached hydrogens (tertiary/aromatic N) is 1. The van der Waals surface area contributed by atoms with Crippen LogP contribution < -0.4 is 9.47 Å². The molecule has 0 amide bonds. The lowest BCUT2D eigenvalue weighted by atomic mass is 10.0. The largest absolute Gasteiger partial charge is 0.493 e. The Balaban J connectivity index is 1.64. The van der Waals surface area contributed by atoms with Crippen molar-refractivity contribution in [1.29, 1.82) is 0 Å². The molecule has 0 aliphatic carbocycles. The van der Waals surface area contributed by atoms with Gasteiger partial charge in [0.25, 0.3) is 0 Å². The second-order valence-corrected chi connectivity index (χ2v) is 6.88. The summed E-state index contributed by atoms with van der Waals surface area (Å²) in [6, 6.07) is 12.2. The molecule has 1 heterocycles. The molecule has 1 aliphatic rings. The van der Waals surface area contributed by atoms with Gasteiger partial charge in [0.05, 0.1) is 13.2 Å². The minimum absolute atomic E-state index is 0.0895. The molecule has 1 fully saturated rings. The van der Waals surface area contributed by atoms with Gasteiger partial charge in [-0.25, -0.2) is 4.39 Å². The van der Waals surface area contributed by atoms with Crippen LogP contribution in [0.5, 0.6) is 11.5 Å². The second kappa shape index (κ2) is 9.87. The quantitative estimate of drug-likeness (QED) is 0.573. The summed E-state index contributed by atoms with van der Waals surface area (Å²) in [5.74, 6) is 1.04. The Labute approximate surface area is 165 Å². The van der Waals surface area contributed by atoms with E-state index in [1.807, 2.05) is 30.3 Å². The van der Waals surface area contributed by atoms with Gasteiger partial charge >= 0.3 is 0 Å². The standard InChI is InChI=1S/C22H28FNO4/c1-4-5-12-26-22-14-19(24(2)28-22)17-8-11-20(21(13-17)25-3)27-15-16-6-9-18(23)10-7-16/h6-11,13,19,22H,4-5,12,14-15H2,1-3H3. The molecule has 1 aliphatic heterocycles. The van der Waals surface area contributed by atoms with E-state index in [1.54, 1.807) is 19.2 Å². The molecular formula is C22H28FNO4. The van der Waals surface area contributed by atoms with E-state index in [4.69, 9.17) is 19.0 Å². The van der Waals surface area contributed by atoms with Gasteiger partial charge in [0.15, 0.2) is 17.8 Å². The van der Waals surface area contributed by atoms with E-state index in [0.717, 1.165) is 30.4 Å². The molecule has 2 aromatic carbocycles. The van der Waals surface area contributed by atoms with Crippen molar-refractivity contribution < 1.29 is 23.4 Å². The second-order valence-electron chi connectivity index (χ2n) is 6.88. The van der Waals surface area contributed by atoms with Crippen LogP contribution in [0.15, 0.2) is 42.5 Å². The zero-order valence-electron chi connectivity index (χ0n) is 16.7. The summed E-state index contributed by atoms with van der Waals surface area (Å²) in [4.78, 5) is 5.80. The molecule has 2 aromatic rings. The van der Waals surface area contributed by atoms with Crippen molar-refractivity contribution >= 4 is 0 Å². The van der Waals surface area contributed by atoms with Gasteiger partial charge in [-0.2, -0.15) is 5.06 Å². The third kappa shape index (κ3) is 5.22. The van der Waals surface area contributed by atoms with Gasteiger partial charge in [0.1, 0.15) is 12.4 Å². The average Bonchev–Trinajstić information content (AvgIpc) is 3.08. The maximum Gasteiger partial charge on any atom is 0.179 e. The van der Waals surface area contributed by atoms with E-state index in [0.29, 0.717) is 24.7 Å². The molecule has 5 nitrogen and oxygen atoms in total. The molecule has 2 atom stereocenters. The molecular weight excluding hydrogens is 361 g/mol. The number of ether oxygens (including phenoxy) is 3. The predicted molar refractivity (Wildman–Crippen MR) is 105 cm³/mol. The number of hydroxylamine groups is 2. The Kier molecular flexibility index (Phi) is 7.25. The first-order valence-electron chi connectivity index (χ1n) is 9.67. The molecule has 0 aromatic heterocycles. The predicted octanol–water partition coefficient (Wildman–Crippen LogP) is 4.86. The summed E-state index contributed by atoms with van der Waals surface area (Å²) in [6.45, 7) is 3.19. The van der Waals surface area contributed by atoms with Crippen LogP contribution in [0, 0.1) is 5.82 Å². The number of hydrogen-bond acceptors (Lipinski definition) is 5. The van der Waals surface area contributed by atoms with Crippen molar-refractivity contribution in [3.8, 4) is 11.5 Å². The van der Waals surface area contributed by atoms with Crippen molar-refractivity contribution in [3.63, 3.8) is 0 Å². The Morgan fingerprint density at radius 2 is 1.93 bits per heavy atom. The third-order valence-electron chi connectivity index (χ3n) is 4.82. The maximum atomic E-state index is 13.0. The van der Waals surface area contributed by atoms with Crippen LogP contribution in [0.2, 0.25) is 0 Å². The summed E-state index contributed by atoms with van der Waals surface area (Å²) < 4.78 is 30.2. The van der Waals surface area contributed by atoms with Crippen molar-refractivity contribution in [1.82, 2.24) is 5.06 Å². The minimum atomic E-state index is -0.259. The average molecular weight is 389 g/mol. The molecule has 2 unspecified atom stereocenters. The molecule has 6 heteroatoms. The van der Waals surface area contributed by atoms with Crippen LogP contribution in [-0.4, -0.2) is 32.1 Å². The summed E-state index contributed by atoms with van der Waals surface area (Å²) >= 11 is 0. The zero-order valence-corrected chi connectivity index (χ0v) is 16.7. The third-order valence-corrected chi connectivity index (χ3v) is 4.82. The zero-order chi connectivity index (χ0) is 19.9. The van der Waals surface area contributed by atoms with Crippen LogP contribution in [0.25, 0.3) is 0 Å². The maximum absolute atomic E-state index is 13.0.